The van der Waals surface area contributed by atoms with Crippen LogP contribution in [-0.2, 0) is 25.0 Å². The molecule has 1 aromatic rings. The number of halogens is 1. The molecular weight excluding hydrogens is 280 g/mol. The summed E-state index contributed by atoms with van der Waals surface area (Å²) in [4.78, 5) is 11.0. The molecule has 0 amide bonds. The molecule has 0 aliphatic carbocycles. The largest absolute Gasteiger partial charge is 0.482 e. The smallest absolute Gasteiger partial charge is 0.343 e. The molecular formula is C11H13ClO5S. The van der Waals surface area contributed by atoms with E-state index in [9.17, 15) is 13.2 Å². The van der Waals surface area contributed by atoms with Gasteiger partial charge < -0.3 is 9.47 Å². The lowest BCUT2D eigenvalue weighted by Crippen LogP contribution is -2.13. The van der Waals surface area contributed by atoms with Crippen molar-refractivity contribution in [1.29, 1.82) is 0 Å². The molecule has 0 aliphatic heterocycles. The SMILES string of the molecule is CCc1cc(S(=O)(=O)Cl)ccc1OCC(=O)OC. The van der Waals surface area contributed by atoms with E-state index in [0.29, 0.717) is 17.7 Å². The molecule has 0 unspecified atom stereocenters. The molecule has 5 nitrogen and oxygen atoms in total. The monoisotopic (exact) mass is 292 g/mol. The van der Waals surface area contributed by atoms with Crippen molar-refractivity contribution in [3.05, 3.63) is 23.8 Å². The zero-order valence-electron chi connectivity index (χ0n) is 9.97. The van der Waals surface area contributed by atoms with Gasteiger partial charge in [-0.05, 0) is 30.2 Å². The summed E-state index contributed by atoms with van der Waals surface area (Å²) in [7, 11) is 2.74. The molecule has 100 valence electrons. The highest BCUT2D eigenvalue weighted by atomic mass is 35.7. The van der Waals surface area contributed by atoms with Gasteiger partial charge in [-0.2, -0.15) is 0 Å². The topological polar surface area (TPSA) is 69.7 Å². The summed E-state index contributed by atoms with van der Waals surface area (Å²) < 4.78 is 32.0. The molecule has 0 saturated carbocycles. The molecule has 7 heteroatoms. The number of benzene rings is 1. The Hall–Kier alpha value is -1.27. The number of esters is 1. The van der Waals surface area contributed by atoms with E-state index in [4.69, 9.17) is 15.4 Å². The lowest BCUT2D eigenvalue weighted by atomic mass is 10.1. The average molecular weight is 293 g/mol. The molecule has 0 fully saturated rings. The summed E-state index contributed by atoms with van der Waals surface area (Å²) in [6, 6.07) is 4.22. The van der Waals surface area contributed by atoms with Gasteiger partial charge in [-0.15, -0.1) is 0 Å². The average Bonchev–Trinajstić information content (AvgIpc) is 2.34. The van der Waals surface area contributed by atoms with Crippen LogP contribution in [0.5, 0.6) is 5.75 Å². The first-order chi connectivity index (χ1) is 8.38. The highest BCUT2D eigenvalue weighted by Gasteiger charge is 2.13. The van der Waals surface area contributed by atoms with Crippen molar-refractivity contribution in [2.24, 2.45) is 0 Å². The van der Waals surface area contributed by atoms with E-state index in [2.05, 4.69) is 4.74 Å². The van der Waals surface area contributed by atoms with Crippen LogP contribution in [0.2, 0.25) is 0 Å². The van der Waals surface area contributed by atoms with Gasteiger partial charge in [0.1, 0.15) is 5.75 Å². The third-order valence-corrected chi connectivity index (χ3v) is 3.62. The van der Waals surface area contributed by atoms with Gasteiger partial charge in [0.25, 0.3) is 9.05 Å². The first kappa shape index (κ1) is 14.8. The maximum Gasteiger partial charge on any atom is 0.343 e. The van der Waals surface area contributed by atoms with Gasteiger partial charge in [0, 0.05) is 10.7 Å². The lowest BCUT2D eigenvalue weighted by molar-refractivity contribution is -0.142. The Labute approximate surface area is 110 Å². The van der Waals surface area contributed by atoms with Gasteiger partial charge in [0.15, 0.2) is 6.61 Å². The van der Waals surface area contributed by atoms with E-state index in [1.54, 1.807) is 0 Å². The van der Waals surface area contributed by atoms with Crippen LogP contribution in [0.15, 0.2) is 23.1 Å². The van der Waals surface area contributed by atoms with Crippen LogP contribution in [0.3, 0.4) is 0 Å². The van der Waals surface area contributed by atoms with Gasteiger partial charge in [-0.1, -0.05) is 6.92 Å². The van der Waals surface area contributed by atoms with Gasteiger partial charge in [-0.25, -0.2) is 13.2 Å². The van der Waals surface area contributed by atoms with Crippen molar-refractivity contribution in [2.45, 2.75) is 18.2 Å². The molecule has 0 spiro atoms. The van der Waals surface area contributed by atoms with E-state index in [1.807, 2.05) is 6.92 Å². The number of ether oxygens (including phenoxy) is 2. The van der Waals surface area contributed by atoms with Crippen molar-refractivity contribution in [3.63, 3.8) is 0 Å². The van der Waals surface area contributed by atoms with Gasteiger partial charge in [-0.3, -0.25) is 0 Å². The number of carbonyl (C=O) groups excluding carboxylic acids is 1. The summed E-state index contributed by atoms with van der Waals surface area (Å²) in [5, 5.41) is 0. The second-order valence-corrected chi connectivity index (χ2v) is 5.99. The Balaban J connectivity index is 2.97. The van der Waals surface area contributed by atoms with Crippen LogP contribution >= 0.6 is 10.7 Å². The Morgan fingerprint density at radius 3 is 2.56 bits per heavy atom. The quantitative estimate of drug-likeness (QED) is 0.610. The Morgan fingerprint density at radius 2 is 2.06 bits per heavy atom. The van der Waals surface area contributed by atoms with E-state index in [1.165, 1.54) is 25.3 Å². The molecule has 0 aliphatic rings. The number of rotatable bonds is 5. The Bertz CT molecular complexity index is 538. The minimum Gasteiger partial charge on any atom is -0.482 e. The van der Waals surface area contributed by atoms with Gasteiger partial charge in [0.05, 0.1) is 12.0 Å². The van der Waals surface area contributed by atoms with Crippen molar-refractivity contribution in [3.8, 4) is 5.75 Å². The number of aryl methyl sites for hydroxylation is 1. The molecule has 0 atom stereocenters. The fourth-order valence-corrected chi connectivity index (χ4v) is 2.12. The summed E-state index contributed by atoms with van der Waals surface area (Å²) in [6.45, 7) is 1.61. The predicted octanol–water partition coefficient (Wildman–Crippen LogP) is 1.73. The van der Waals surface area contributed by atoms with E-state index in [-0.39, 0.29) is 11.5 Å². The van der Waals surface area contributed by atoms with Gasteiger partial charge >= 0.3 is 5.97 Å². The minimum atomic E-state index is -3.76. The summed E-state index contributed by atoms with van der Waals surface area (Å²) in [5.41, 5.74) is 0.653. The zero-order chi connectivity index (χ0) is 13.8. The molecule has 0 bridgehead atoms. The van der Waals surface area contributed by atoms with E-state index >= 15 is 0 Å². The third-order valence-electron chi connectivity index (χ3n) is 2.27. The zero-order valence-corrected chi connectivity index (χ0v) is 11.5. The Kier molecular flexibility index (Phi) is 4.98. The fourth-order valence-electron chi connectivity index (χ4n) is 1.32. The minimum absolute atomic E-state index is 0.00596. The summed E-state index contributed by atoms with van der Waals surface area (Å²) in [6.07, 6.45) is 0.552. The normalized spacial score (nSPS) is 11.1. The first-order valence-corrected chi connectivity index (χ1v) is 7.46. The van der Waals surface area contributed by atoms with Crippen LogP contribution < -0.4 is 4.74 Å². The fraction of sp³-hybridized carbons (Fsp3) is 0.364. The standard InChI is InChI=1S/C11H13ClO5S/c1-3-8-6-9(18(12,14)15)4-5-10(8)17-7-11(13)16-2/h4-6H,3,7H2,1-2H3. The second kappa shape index (κ2) is 6.06. The number of carbonyl (C=O) groups is 1. The molecule has 0 heterocycles. The molecule has 0 saturated heterocycles. The van der Waals surface area contributed by atoms with Crippen molar-refractivity contribution < 1.29 is 22.7 Å². The molecule has 0 radical (unpaired) electrons. The lowest BCUT2D eigenvalue weighted by Gasteiger charge is -2.10. The van der Waals surface area contributed by atoms with E-state index in [0.717, 1.165) is 0 Å². The van der Waals surface area contributed by atoms with Crippen molar-refractivity contribution in [2.75, 3.05) is 13.7 Å². The number of hydrogen-bond donors (Lipinski definition) is 0. The number of methoxy groups -OCH3 is 1. The first-order valence-electron chi connectivity index (χ1n) is 5.15. The molecule has 18 heavy (non-hydrogen) atoms. The second-order valence-electron chi connectivity index (χ2n) is 3.43. The summed E-state index contributed by atoms with van der Waals surface area (Å²) >= 11 is 0. The maximum atomic E-state index is 11.2. The molecule has 0 N–H and O–H groups in total. The summed E-state index contributed by atoms with van der Waals surface area (Å²) in [5.74, 6) is -0.0712. The highest BCUT2D eigenvalue weighted by molar-refractivity contribution is 8.13. The predicted molar refractivity (Wildman–Crippen MR) is 66.4 cm³/mol. The van der Waals surface area contributed by atoms with Crippen LogP contribution in [0, 0.1) is 0 Å². The van der Waals surface area contributed by atoms with Crippen molar-refractivity contribution in [1.82, 2.24) is 0 Å². The van der Waals surface area contributed by atoms with Crippen LogP contribution in [0.1, 0.15) is 12.5 Å². The molecule has 1 aromatic carbocycles. The third kappa shape index (κ3) is 3.89. The Morgan fingerprint density at radius 1 is 1.39 bits per heavy atom. The highest BCUT2D eigenvalue weighted by Crippen LogP contribution is 2.25. The van der Waals surface area contributed by atoms with Crippen LogP contribution in [0.4, 0.5) is 0 Å². The molecule has 1 rings (SSSR count). The molecule has 0 aromatic heterocycles. The van der Waals surface area contributed by atoms with Gasteiger partial charge in [0.2, 0.25) is 0 Å². The van der Waals surface area contributed by atoms with Crippen LogP contribution in [-0.4, -0.2) is 28.1 Å². The van der Waals surface area contributed by atoms with E-state index < -0.39 is 15.0 Å². The van der Waals surface area contributed by atoms with Crippen molar-refractivity contribution >= 4 is 25.7 Å². The van der Waals surface area contributed by atoms with Crippen LogP contribution in [0.25, 0.3) is 0 Å². The maximum absolute atomic E-state index is 11.2. The number of hydrogen-bond acceptors (Lipinski definition) is 5.